The number of methoxy groups -OCH3 is 1. The van der Waals surface area contributed by atoms with E-state index in [0.29, 0.717) is 0 Å². The molecular weight excluding hydrogens is 652 g/mol. The molecule has 0 unspecified atom stereocenters. The molecule has 23 nitrogen and oxygen atoms in total. The lowest BCUT2D eigenvalue weighted by Gasteiger charge is -2.47. The molecule has 0 aliphatic carbocycles. The molecule has 2 fully saturated rings. The van der Waals surface area contributed by atoms with Gasteiger partial charge < -0.3 is 34.3 Å². The minimum atomic E-state index is -5.66. The lowest BCUT2D eigenvalue weighted by molar-refractivity contribution is -0.349. The predicted molar refractivity (Wildman–Crippen MR) is 115 cm³/mol. The fourth-order valence-corrected chi connectivity index (χ4v) is 5.35. The highest BCUT2D eigenvalue weighted by atomic mass is 32.3. The maximum Gasteiger partial charge on any atom is 0.397 e. The van der Waals surface area contributed by atoms with Gasteiger partial charge in [0.1, 0.15) is 36.6 Å². The molecule has 0 bridgehead atoms. The topological polar surface area (TPSA) is 352 Å². The van der Waals surface area contributed by atoms with E-state index >= 15 is 0 Å². The molecule has 10 atom stereocenters. The maximum atomic E-state index is 11.6. The Labute approximate surface area is 226 Å². The average molecular weight is 677 g/mol. The molecule has 2 aliphatic rings. The molecule has 2 saturated heterocycles. The lowest BCUT2D eigenvalue weighted by Crippen LogP contribution is -2.66. The van der Waals surface area contributed by atoms with Crippen LogP contribution in [-0.4, -0.2) is 149 Å². The highest BCUT2D eigenvalue weighted by molar-refractivity contribution is 7.81. The molecule has 2 aliphatic heterocycles. The van der Waals surface area contributed by atoms with Crippen molar-refractivity contribution in [1.82, 2.24) is 0 Å². The van der Waals surface area contributed by atoms with Crippen molar-refractivity contribution in [3.8, 4) is 0 Å². The standard InChI is InChI=1S/C13H24O23S4/c1-29-12-11(36-40(26,27)28)10(35-39(23,24)25)8(5(32-12)3-30-37(17,18)19)33-13-9(34-38(20,21)22)7(16)6(15)4(2-14)31-13/h4-16H,2-3H2,1H3,(H,17,18,19)(H,20,21,22)(H,23,24,25)(H,26,27,28)/t4-,5-,6+,7+,8-,9-,10+,11-,12-,13-/m1/s1. The van der Waals surface area contributed by atoms with Gasteiger partial charge in [-0.1, -0.05) is 0 Å². The van der Waals surface area contributed by atoms with Crippen molar-refractivity contribution in [3.05, 3.63) is 0 Å². The van der Waals surface area contributed by atoms with Crippen LogP contribution in [0, 0.1) is 0 Å². The first kappa shape index (κ1) is 35.4. The minimum absolute atomic E-state index is 0.793. The molecule has 7 N–H and O–H groups in total. The number of aliphatic hydroxyl groups excluding tert-OH is 3. The van der Waals surface area contributed by atoms with E-state index in [1.165, 1.54) is 0 Å². The number of hydrogen-bond donors (Lipinski definition) is 7. The Balaban J connectivity index is 2.66. The summed E-state index contributed by atoms with van der Waals surface area (Å²) in [5, 5.41) is 29.8. The Morgan fingerprint density at radius 1 is 0.625 bits per heavy atom. The summed E-state index contributed by atoms with van der Waals surface area (Å²) in [7, 11) is -21.2. The molecule has 2 rings (SSSR count). The normalized spacial score (nSPS) is 36.4. The van der Waals surface area contributed by atoms with Crippen molar-refractivity contribution in [2.24, 2.45) is 0 Å². The summed E-state index contributed by atoms with van der Waals surface area (Å²) in [5.41, 5.74) is 0. The Bertz CT molecular complexity index is 1280. The van der Waals surface area contributed by atoms with Crippen molar-refractivity contribution >= 4 is 41.6 Å². The monoisotopic (exact) mass is 676 g/mol. The second kappa shape index (κ2) is 13.2. The van der Waals surface area contributed by atoms with Crippen LogP contribution in [0.5, 0.6) is 0 Å². The van der Waals surface area contributed by atoms with E-state index in [0.717, 1.165) is 7.11 Å². The molecular formula is C13H24O23S4. The highest BCUT2D eigenvalue weighted by Crippen LogP contribution is 2.34. The highest BCUT2D eigenvalue weighted by Gasteiger charge is 2.56. The molecule has 0 saturated carbocycles. The number of rotatable bonds is 13. The second-order valence-corrected chi connectivity index (χ2v) is 12.0. The number of aliphatic hydroxyl groups is 3. The van der Waals surface area contributed by atoms with E-state index < -0.39 is 116 Å². The zero-order valence-corrected chi connectivity index (χ0v) is 22.7. The molecule has 238 valence electrons. The van der Waals surface area contributed by atoms with Gasteiger partial charge in [-0.15, -0.1) is 0 Å². The Hall–Kier alpha value is -0.800. The van der Waals surface area contributed by atoms with Crippen LogP contribution < -0.4 is 0 Å². The molecule has 27 heteroatoms. The Kier molecular flexibility index (Phi) is 11.7. The fraction of sp³-hybridized carbons (Fsp3) is 1.00. The molecule has 0 spiro atoms. The SMILES string of the molecule is CO[C@@H]1O[C@H](COS(=O)(=O)O)[C@@H](O[C@H]2O[C@H](CO)[C@H](O)[C@H](O)[C@H]2OS(=O)(=O)O)[C@H](OS(=O)(=O)O)[C@H]1OS(=O)(=O)O. The van der Waals surface area contributed by atoms with Gasteiger partial charge in [-0.3, -0.25) is 18.2 Å². The first-order valence-corrected chi connectivity index (χ1v) is 15.6. The summed E-state index contributed by atoms with van der Waals surface area (Å²) in [5.74, 6) is 0. The molecule has 0 aromatic carbocycles. The molecule has 0 radical (unpaired) electrons. The molecule has 2 heterocycles. The van der Waals surface area contributed by atoms with E-state index in [1.807, 2.05) is 0 Å². The summed E-state index contributed by atoms with van der Waals surface area (Å²) < 4.78 is 165. The van der Waals surface area contributed by atoms with Crippen molar-refractivity contribution in [2.45, 2.75) is 61.4 Å². The van der Waals surface area contributed by atoms with Crippen molar-refractivity contribution < 1.29 is 103 Å². The van der Waals surface area contributed by atoms with Gasteiger partial charge in [-0.2, -0.15) is 33.7 Å². The zero-order chi connectivity index (χ0) is 30.8. The van der Waals surface area contributed by atoms with Crippen LogP contribution >= 0.6 is 0 Å². The fourth-order valence-electron chi connectivity index (χ4n) is 3.58. The van der Waals surface area contributed by atoms with Crippen molar-refractivity contribution in [1.29, 1.82) is 0 Å². The predicted octanol–water partition coefficient (Wildman–Crippen LogP) is -5.43. The quantitative estimate of drug-likeness (QED) is 0.0894. The molecule has 40 heavy (non-hydrogen) atoms. The second-order valence-electron chi connectivity index (χ2n) is 7.76. The third kappa shape index (κ3) is 10.5. The summed E-state index contributed by atoms with van der Waals surface area (Å²) in [6.07, 6.45) is -22.9. The van der Waals surface area contributed by atoms with Gasteiger partial charge in [0.15, 0.2) is 24.8 Å². The summed E-state index contributed by atoms with van der Waals surface area (Å²) >= 11 is 0. The van der Waals surface area contributed by atoms with Crippen LogP contribution in [0.2, 0.25) is 0 Å². The maximum absolute atomic E-state index is 11.6. The minimum Gasteiger partial charge on any atom is -0.394 e. The first-order valence-electron chi connectivity index (χ1n) is 10.1. The van der Waals surface area contributed by atoms with E-state index in [4.69, 9.17) is 32.6 Å². The van der Waals surface area contributed by atoms with Crippen LogP contribution in [-0.2, 0) is 77.3 Å². The van der Waals surface area contributed by atoms with E-state index in [9.17, 15) is 53.5 Å². The summed E-state index contributed by atoms with van der Waals surface area (Å²) in [6, 6.07) is 0. The third-order valence-corrected chi connectivity index (χ3v) is 6.85. The van der Waals surface area contributed by atoms with Gasteiger partial charge in [0.2, 0.25) is 0 Å². The van der Waals surface area contributed by atoms with Gasteiger partial charge in [-0.05, 0) is 0 Å². The van der Waals surface area contributed by atoms with Gasteiger partial charge in [0.05, 0.1) is 13.2 Å². The Morgan fingerprint density at radius 3 is 1.55 bits per heavy atom. The summed E-state index contributed by atoms with van der Waals surface area (Å²) in [4.78, 5) is 0. The number of ether oxygens (including phenoxy) is 4. The van der Waals surface area contributed by atoms with Gasteiger partial charge in [0.25, 0.3) is 0 Å². The van der Waals surface area contributed by atoms with Crippen LogP contribution in [0.25, 0.3) is 0 Å². The van der Waals surface area contributed by atoms with Crippen molar-refractivity contribution in [3.63, 3.8) is 0 Å². The van der Waals surface area contributed by atoms with Crippen LogP contribution in [0.15, 0.2) is 0 Å². The van der Waals surface area contributed by atoms with E-state index in [-0.39, 0.29) is 0 Å². The number of hydrogen-bond acceptors (Lipinski definition) is 19. The van der Waals surface area contributed by atoms with Gasteiger partial charge >= 0.3 is 41.6 Å². The molecule has 0 amide bonds. The average Bonchev–Trinajstić information content (AvgIpc) is 2.76. The third-order valence-electron chi connectivity index (χ3n) is 5.02. The first-order chi connectivity index (χ1) is 18.0. The zero-order valence-electron chi connectivity index (χ0n) is 19.5. The smallest absolute Gasteiger partial charge is 0.394 e. The summed E-state index contributed by atoms with van der Waals surface area (Å²) in [6.45, 7) is -2.46. The lowest BCUT2D eigenvalue weighted by atomic mass is 9.97. The van der Waals surface area contributed by atoms with E-state index in [1.54, 1.807) is 0 Å². The molecule has 0 aromatic heterocycles. The van der Waals surface area contributed by atoms with E-state index in [2.05, 4.69) is 16.7 Å². The van der Waals surface area contributed by atoms with Crippen molar-refractivity contribution in [2.75, 3.05) is 20.3 Å². The molecule has 0 aromatic rings. The Morgan fingerprint density at radius 2 is 1.10 bits per heavy atom. The largest absolute Gasteiger partial charge is 0.397 e. The van der Waals surface area contributed by atoms with Gasteiger partial charge in [-0.25, -0.2) is 16.7 Å². The van der Waals surface area contributed by atoms with Gasteiger partial charge in [0, 0.05) is 7.11 Å². The van der Waals surface area contributed by atoms with Crippen LogP contribution in [0.3, 0.4) is 0 Å². The van der Waals surface area contributed by atoms with Crippen LogP contribution in [0.4, 0.5) is 0 Å². The van der Waals surface area contributed by atoms with Crippen LogP contribution in [0.1, 0.15) is 0 Å².